The SMILES string of the molecule is NCCCSCC1CCOC1. The Morgan fingerprint density at radius 1 is 1.55 bits per heavy atom. The van der Waals surface area contributed by atoms with Gasteiger partial charge in [0.1, 0.15) is 0 Å². The van der Waals surface area contributed by atoms with Crippen LogP contribution in [0.4, 0.5) is 0 Å². The zero-order chi connectivity index (χ0) is 7.94. The maximum Gasteiger partial charge on any atom is 0.0503 e. The smallest absolute Gasteiger partial charge is 0.0503 e. The summed E-state index contributed by atoms with van der Waals surface area (Å²) in [6, 6.07) is 0. The fourth-order valence-corrected chi connectivity index (χ4v) is 2.28. The van der Waals surface area contributed by atoms with E-state index in [2.05, 4.69) is 0 Å². The predicted octanol–water partition coefficient (Wildman–Crippen LogP) is 1.10. The van der Waals surface area contributed by atoms with Gasteiger partial charge in [-0.15, -0.1) is 0 Å². The summed E-state index contributed by atoms with van der Waals surface area (Å²) in [4.78, 5) is 0. The average Bonchev–Trinajstić information content (AvgIpc) is 2.50. The Bertz CT molecular complexity index is 94.1. The first-order chi connectivity index (χ1) is 5.43. The lowest BCUT2D eigenvalue weighted by Gasteiger charge is -2.05. The minimum absolute atomic E-state index is 0.817. The van der Waals surface area contributed by atoms with Crippen LogP contribution in [0.5, 0.6) is 0 Å². The molecule has 1 rings (SSSR count). The third-order valence-corrected chi connectivity index (χ3v) is 3.15. The Morgan fingerprint density at radius 3 is 3.09 bits per heavy atom. The fraction of sp³-hybridized carbons (Fsp3) is 1.00. The molecule has 0 aromatic carbocycles. The number of ether oxygens (including phenoxy) is 1. The molecule has 2 N–H and O–H groups in total. The molecule has 0 amide bonds. The minimum Gasteiger partial charge on any atom is -0.381 e. The van der Waals surface area contributed by atoms with Crippen LogP contribution in [-0.4, -0.2) is 31.3 Å². The third kappa shape index (κ3) is 3.99. The van der Waals surface area contributed by atoms with Crippen LogP contribution in [0.3, 0.4) is 0 Å². The highest BCUT2D eigenvalue weighted by molar-refractivity contribution is 7.99. The van der Waals surface area contributed by atoms with Crippen molar-refractivity contribution >= 4 is 11.8 Å². The van der Waals surface area contributed by atoms with E-state index >= 15 is 0 Å². The van der Waals surface area contributed by atoms with Crippen molar-refractivity contribution < 1.29 is 4.74 Å². The molecule has 1 aliphatic heterocycles. The second-order valence-electron chi connectivity index (χ2n) is 2.95. The Labute approximate surface area is 72.9 Å². The molecule has 11 heavy (non-hydrogen) atoms. The number of nitrogens with two attached hydrogens (primary N) is 1. The van der Waals surface area contributed by atoms with Crippen LogP contribution in [0, 0.1) is 5.92 Å². The van der Waals surface area contributed by atoms with Crippen molar-refractivity contribution in [2.45, 2.75) is 12.8 Å². The summed E-state index contributed by atoms with van der Waals surface area (Å²) in [5.74, 6) is 3.30. The first kappa shape index (κ1) is 9.36. The zero-order valence-electron chi connectivity index (χ0n) is 6.92. The molecule has 1 fully saturated rings. The summed E-state index contributed by atoms with van der Waals surface area (Å²) >= 11 is 2.02. The van der Waals surface area contributed by atoms with Crippen molar-refractivity contribution in [3.63, 3.8) is 0 Å². The molecule has 1 atom stereocenters. The summed E-state index contributed by atoms with van der Waals surface area (Å²) in [5, 5.41) is 0. The Balaban J connectivity index is 1.86. The van der Waals surface area contributed by atoms with E-state index in [1.807, 2.05) is 11.8 Å². The average molecular weight is 175 g/mol. The normalized spacial score (nSPS) is 24.3. The maximum atomic E-state index is 5.38. The lowest BCUT2D eigenvalue weighted by atomic mass is 10.2. The van der Waals surface area contributed by atoms with Crippen molar-refractivity contribution in [2.75, 3.05) is 31.3 Å². The van der Waals surface area contributed by atoms with Crippen LogP contribution in [0.25, 0.3) is 0 Å². The molecule has 2 nitrogen and oxygen atoms in total. The van der Waals surface area contributed by atoms with Crippen molar-refractivity contribution in [3.05, 3.63) is 0 Å². The molecule has 1 unspecified atom stereocenters. The highest BCUT2D eigenvalue weighted by Gasteiger charge is 2.14. The van der Waals surface area contributed by atoms with Gasteiger partial charge in [-0.25, -0.2) is 0 Å². The van der Waals surface area contributed by atoms with Crippen molar-refractivity contribution in [3.8, 4) is 0 Å². The van der Waals surface area contributed by atoms with Gasteiger partial charge in [0.15, 0.2) is 0 Å². The Morgan fingerprint density at radius 2 is 2.45 bits per heavy atom. The van der Waals surface area contributed by atoms with Crippen molar-refractivity contribution in [1.29, 1.82) is 0 Å². The van der Waals surface area contributed by atoms with Crippen LogP contribution in [0.1, 0.15) is 12.8 Å². The summed E-state index contributed by atoms with van der Waals surface area (Å²) in [5.41, 5.74) is 5.38. The maximum absolute atomic E-state index is 5.38. The first-order valence-electron chi connectivity index (χ1n) is 4.29. The molecule has 1 saturated heterocycles. The lowest BCUT2D eigenvalue weighted by Crippen LogP contribution is -2.05. The molecular formula is C8H17NOS. The highest BCUT2D eigenvalue weighted by atomic mass is 32.2. The van der Waals surface area contributed by atoms with E-state index in [0.717, 1.165) is 32.1 Å². The van der Waals surface area contributed by atoms with E-state index in [0.29, 0.717) is 0 Å². The largest absolute Gasteiger partial charge is 0.381 e. The topological polar surface area (TPSA) is 35.2 Å². The van der Waals surface area contributed by atoms with Gasteiger partial charge in [-0.3, -0.25) is 0 Å². The zero-order valence-corrected chi connectivity index (χ0v) is 7.74. The van der Waals surface area contributed by atoms with Crippen LogP contribution in [0.2, 0.25) is 0 Å². The van der Waals surface area contributed by atoms with E-state index in [9.17, 15) is 0 Å². The van der Waals surface area contributed by atoms with Crippen LogP contribution < -0.4 is 5.73 Å². The molecule has 0 spiro atoms. The monoisotopic (exact) mass is 175 g/mol. The second kappa shape index (κ2) is 5.86. The number of hydrogen-bond acceptors (Lipinski definition) is 3. The molecule has 0 aliphatic carbocycles. The first-order valence-corrected chi connectivity index (χ1v) is 5.44. The highest BCUT2D eigenvalue weighted by Crippen LogP contribution is 2.18. The summed E-state index contributed by atoms with van der Waals surface area (Å²) in [6.07, 6.45) is 2.41. The van der Waals surface area contributed by atoms with Gasteiger partial charge in [-0.05, 0) is 36.8 Å². The summed E-state index contributed by atoms with van der Waals surface area (Å²) < 4.78 is 5.28. The van der Waals surface area contributed by atoms with Gasteiger partial charge in [0, 0.05) is 6.61 Å². The van der Waals surface area contributed by atoms with Gasteiger partial charge in [0.2, 0.25) is 0 Å². The number of hydrogen-bond donors (Lipinski definition) is 1. The molecule has 1 aliphatic rings. The van der Waals surface area contributed by atoms with E-state index in [-0.39, 0.29) is 0 Å². The quantitative estimate of drug-likeness (QED) is 0.636. The van der Waals surface area contributed by atoms with Gasteiger partial charge in [-0.2, -0.15) is 11.8 Å². The molecule has 0 aromatic heterocycles. The van der Waals surface area contributed by atoms with Crippen molar-refractivity contribution in [1.82, 2.24) is 0 Å². The summed E-state index contributed by atoms with van der Waals surface area (Å²) in [7, 11) is 0. The molecular weight excluding hydrogens is 158 g/mol. The second-order valence-corrected chi connectivity index (χ2v) is 4.10. The molecule has 0 saturated carbocycles. The van der Waals surface area contributed by atoms with Crippen molar-refractivity contribution in [2.24, 2.45) is 11.7 Å². The Hall–Kier alpha value is 0.270. The fourth-order valence-electron chi connectivity index (χ4n) is 1.15. The predicted molar refractivity (Wildman–Crippen MR) is 49.9 cm³/mol. The van der Waals surface area contributed by atoms with E-state index in [1.165, 1.54) is 17.9 Å². The van der Waals surface area contributed by atoms with Gasteiger partial charge in [0.25, 0.3) is 0 Å². The van der Waals surface area contributed by atoms with E-state index in [1.54, 1.807) is 0 Å². The molecule has 66 valence electrons. The Kier molecular flexibility index (Phi) is 4.99. The number of thioether (sulfide) groups is 1. The summed E-state index contributed by atoms with van der Waals surface area (Å²) in [6.45, 7) is 2.78. The van der Waals surface area contributed by atoms with Crippen LogP contribution in [-0.2, 0) is 4.74 Å². The van der Waals surface area contributed by atoms with Crippen LogP contribution >= 0.6 is 11.8 Å². The van der Waals surface area contributed by atoms with Gasteiger partial charge in [-0.1, -0.05) is 0 Å². The van der Waals surface area contributed by atoms with Crippen LogP contribution in [0.15, 0.2) is 0 Å². The molecule has 0 bridgehead atoms. The minimum atomic E-state index is 0.817. The van der Waals surface area contributed by atoms with E-state index in [4.69, 9.17) is 10.5 Å². The molecule has 0 aromatic rings. The molecule has 0 radical (unpaired) electrons. The third-order valence-electron chi connectivity index (χ3n) is 1.87. The van der Waals surface area contributed by atoms with E-state index < -0.39 is 0 Å². The number of rotatable bonds is 5. The lowest BCUT2D eigenvalue weighted by molar-refractivity contribution is 0.189. The van der Waals surface area contributed by atoms with Gasteiger partial charge >= 0.3 is 0 Å². The molecule has 3 heteroatoms. The molecule has 1 heterocycles. The van der Waals surface area contributed by atoms with Gasteiger partial charge < -0.3 is 10.5 Å². The standard InChI is InChI=1S/C8H17NOS/c9-3-1-5-11-7-8-2-4-10-6-8/h8H,1-7,9H2. The van der Waals surface area contributed by atoms with Gasteiger partial charge in [0.05, 0.1) is 6.61 Å².